The summed E-state index contributed by atoms with van der Waals surface area (Å²) in [7, 11) is 0. The Kier molecular flexibility index (Phi) is 7.94. The number of halogens is 7. The molecule has 2 amide bonds. The molecule has 0 spiro atoms. The molecular weight excluding hydrogens is 580 g/mol. The van der Waals surface area contributed by atoms with Crippen LogP contribution >= 0.6 is 11.6 Å². The Balaban J connectivity index is 1.66. The number of pyridine rings is 1. The van der Waals surface area contributed by atoms with Crippen molar-refractivity contribution < 1.29 is 31.1 Å². The first kappa shape index (κ1) is 29.4. The van der Waals surface area contributed by atoms with Crippen LogP contribution in [-0.4, -0.2) is 11.0 Å². The van der Waals surface area contributed by atoms with E-state index in [0.29, 0.717) is 11.5 Å². The molecule has 1 unspecified atom stereocenters. The Morgan fingerprint density at radius 3 is 2.14 bits per heavy atom. The number of benzene rings is 3. The maximum Gasteiger partial charge on any atom is 0.418 e. The van der Waals surface area contributed by atoms with Gasteiger partial charge in [0.15, 0.2) is 0 Å². The SMILES string of the molecule is O=C(Nc1c(Cl)cccc1C(F)(F)F)NC(Cc1ccccc1)(c1cccc(C(F)(F)F)c1)c1ccc(C2CC2)cn1. The molecule has 1 heterocycles. The maximum absolute atomic E-state index is 13.8. The van der Waals surface area contributed by atoms with Crippen LogP contribution in [-0.2, 0) is 24.3 Å². The Morgan fingerprint density at radius 2 is 1.52 bits per heavy atom. The molecule has 4 nitrogen and oxygen atoms in total. The van der Waals surface area contributed by atoms with Crippen molar-refractivity contribution in [2.75, 3.05) is 5.32 Å². The lowest BCUT2D eigenvalue weighted by molar-refractivity contribution is -0.138. The van der Waals surface area contributed by atoms with Gasteiger partial charge in [-0.05, 0) is 65.8 Å². The van der Waals surface area contributed by atoms with Crippen molar-refractivity contribution in [2.45, 2.75) is 43.1 Å². The zero-order valence-electron chi connectivity index (χ0n) is 21.9. The van der Waals surface area contributed by atoms with Gasteiger partial charge in [0.2, 0.25) is 0 Å². The normalized spacial score (nSPS) is 15.1. The molecular formula is C31H24ClF6N3O. The van der Waals surface area contributed by atoms with E-state index in [4.69, 9.17) is 11.6 Å². The fourth-order valence-corrected chi connectivity index (χ4v) is 5.15. The van der Waals surface area contributed by atoms with Crippen LogP contribution in [0.2, 0.25) is 5.02 Å². The van der Waals surface area contributed by atoms with Crippen LogP contribution in [0.5, 0.6) is 0 Å². The number of rotatable bonds is 7. The molecule has 1 aliphatic rings. The van der Waals surface area contributed by atoms with Crippen molar-refractivity contribution in [3.8, 4) is 0 Å². The minimum Gasteiger partial charge on any atom is -0.322 e. The molecule has 1 aromatic heterocycles. The quantitative estimate of drug-likeness (QED) is 0.207. The largest absolute Gasteiger partial charge is 0.418 e. The van der Waals surface area contributed by atoms with Gasteiger partial charge in [-0.2, -0.15) is 26.3 Å². The van der Waals surface area contributed by atoms with E-state index < -0.39 is 40.7 Å². The number of para-hydroxylation sites is 1. The number of nitrogens with one attached hydrogen (secondary N) is 2. The van der Waals surface area contributed by atoms with E-state index in [0.717, 1.165) is 42.7 Å². The first-order chi connectivity index (χ1) is 19.9. The van der Waals surface area contributed by atoms with Gasteiger partial charge in [0.05, 0.1) is 27.5 Å². The summed E-state index contributed by atoms with van der Waals surface area (Å²) in [5.74, 6) is 0.334. The molecule has 1 aliphatic carbocycles. The Hall–Kier alpha value is -4.05. The van der Waals surface area contributed by atoms with Crippen molar-refractivity contribution in [2.24, 2.45) is 0 Å². The number of carbonyl (C=O) groups excluding carboxylic acids is 1. The third kappa shape index (κ3) is 6.38. The summed E-state index contributed by atoms with van der Waals surface area (Å²) in [6, 6.07) is 18.5. The van der Waals surface area contributed by atoms with Crippen molar-refractivity contribution in [3.63, 3.8) is 0 Å². The van der Waals surface area contributed by atoms with Gasteiger partial charge >= 0.3 is 18.4 Å². The fourth-order valence-electron chi connectivity index (χ4n) is 4.93. The lowest BCUT2D eigenvalue weighted by Crippen LogP contribution is -2.51. The van der Waals surface area contributed by atoms with Crippen LogP contribution in [0.25, 0.3) is 0 Å². The summed E-state index contributed by atoms with van der Waals surface area (Å²) >= 11 is 6.06. The van der Waals surface area contributed by atoms with Crippen molar-refractivity contribution in [1.29, 1.82) is 0 Å². The van der Waals surface area contributed by atoms with E-state index >= 15 is 0 Å². The molecule has 218 valence electrons. The van der Waals surface area contributed by atoms with E-state index in [2.05, 4.69) is 15.6 Å². The summed E-state index contributed by atoms with van der Waals surface area (Å²) in [5.41, 5.74) is -2.71. The molecule has 0 radical (unpaired) electrons. The second-order valence-corrected chi connectivity index (χ2v) is 10.5. The number of anilines is 1. The average molecular weight is 604 g/mol. The minimum atomic E-state index is -4.84. The monoisotopic (exact) mass is 603 g/mol. The van der Waals surface area contributed by atoms with E-state index in [9.17, 15) is 31.1 Å². The zero-order chi connectivity index (χ0) is 30.1. The van der Waals surface area contributed by atoms with Crippen molar-refractivity contribution >= 4 is 23.3 Å². The van der Waals surface area contributed by atoms with Crippen LogP contribution in [0.15, 0.2) is 91.1 Å². The standard InChI is InChI=1S/C31H24ClF6N3O/c32-25-11-5-10-24(31(36,37)38)27(25)40-28(42)41-29(17-19-6-2-1-3-7-19,22-8-4-9-23(16-22)30(33,34)35)26-15-14-21(18-39-26)20-12-13-20/h1-11,14-16,18,20H,12-13,17H2,(H2,40,41,42). The van der Waals surface area contributed by atoms with E-state index in [-0.39, 0.29) is 22.7 Å². The van der Waals surface area contributed by atoms with Crippen LogP contribution in [0.3, 0.4) is 0 Å². The third-order valence-electron chi connectivity index (χ3n) is 7.15. The van der Waals surface area contributed by atoms with Gasteiger partial charge in [-0.25, -0.2) is 4.79 Å². The summed E-state index contributed by atoms with van der Waals surface area (Å²) in [5, 5.41) is 4.54. The minimum absolute atomic E-state index is 0.0400. The van der Waals surface area contributed by atoms with Crippen molar-refractivity contribution in [1.82, 2.24) is 10.3 Å². The Bertz CT molecular complexity index is 1570. The molecule has 0 saturated heterocycles. The van der Waals surface area contributed by atoms with Gasteiger partial charge in [-0.3, -0.25) is 4.98 Å². The predicted molar refractivity (Wildman–Crippen MR) is 147 cm³/mol. The summed E-state index contributed by atoms with van der Waals surface area (Å²) < 4.78 is 82.8. The van der Waals surface area contributed by atoms with E-state index in [1.165, 1.54) is 18.2 Å². The van der Waals surface area contributed by atoms with E-state index in [1.54, 1.807) is 42.6 Å². The van der Waals surface area contributed by atoms with Crippen molar-refractivity contribution in [3.05, 3.63) is 130 Å². The highest BCUT2D eigenvalue weighted by Crippen LogP contribution is 2.42. The van der Waals surface area contributed by atoms with Gasteiger partial charge in [-0.1, -0.05) is 66.2 Å². The summed E-state index contributed by atoms with van der Waals surface area (Å²) in [4.78, 5) is 18.1. The van der Waals surface area contributed by atoms with Gasteiger partial charge in [0.25, 0.3) is 0 Å². The van der Waals surface area contributed by atoms with Gasteiger partial charge in [-0.15, -0.1) is 0 Å². The number of hydrogen-bond donors (Lipinski definition) is 2. The smallest absolute Gasteiger partial charge is 0.322 e. The Labute approximate surface area is 242 Å². The van der Waals surface area contributed by atoms with Crippen LogP contribution < -0.4 is 10.6 Å². The summed E-state index contributed by atoms with van der Waals surface area (Å²) in [6.45, 7) is 0. The lowest BCUT2D eigenvalue weighted by Gasteiger charge is -2.36. The molecule has 4 aromatic rings. The molecule has 42 heavy (non-hydrogen) atoms. The second-order valence-electron chi connectivity index (χ2n) is 10.1. The molecule has 1 saturated carbocycles. The van der Waals surface area contributed by atoms with Crippen LogP contribution in [0.4, 0.5) is 36.8 Å². The fraction of sp³-hybridized carbons (Fsp3) is 0.226. The lowest BCUT2D eigenvalue weighted by atomic mass is 9.79. The number of nitrogens with zero attached hydrogens (tertiary/aromatic N) is 1. The number of urea groups is 1. The van der Waals surface area contributed by atoms with E-state index in [1.807, 2.05) is 6.07 Å². The first-order valence-corrected chi connectivity index (χ1v) is 13.4. The van der Waals surface area contributed by atoms with Crippen LogP contribution in [0.1, 0.15) is 52.3 Å². The zero-order valence-corrected chi connectivity index (χ0v) is 22.6. The van der Waals surface area contributed by atoms with Gasteiger partial charge in [0, 0.05) is 12.6 Å². The molecule has 1 fully saturated rings. The van der Waals surface area contributed by atoms with Gasteiger partial charge < -0.3 is 10.6 Å². The molecule has 0 aliphatic heterocycles. The number of hydrogen-bond acceptors (Lipinski definition) is 2. The first-order valence-electron chi connectivity index (χ1n) is 13.0. The average Bonchev–Trinajstić information content (AvgIpc) is 3.79. The molecule has 3 aromatic carbocycles. The molecule has 0 bridgehead atoms. The molecule has 1 atom stereocenters. The topological polar surface area (TPSA) is 54.0 Å². The second kappa shape index (κ2) is 11.3. The predicted octanol–water partition coefficient (Wildman–Crippen LogP) is 8.96. The number of alkyl halides is 6. The highest BCUT2D eigenvalue weighted by molar-refractivity contribution is 6.34. The maximum atomic E-state index is 13.8. The molecule has 11 heteroatoms. The number of carbonyl (C=O) groups is 1. The Morgan fingerprint density at radius 1 is 0.833 bits per heavy atom. The van der Waals surface area contributed by atoms with Crippen LogP contribution in [0, 0.1) is 0 Å². The highest BCUT2D eigenvalue weighted by Gasteiger charge is 2.41. The molecule has 2 N–H and O–H groups in total. The number of aromatic nitrogens is 1. The van der Waals surface area contributed by atoms with Gasteiger partial charge in [0.1, 0.15) is 5.54 Å². The third-order valence-corrected chi connectivity index (χ3v) is 7.47. The number of amides is 2. The highest BCUT2D eigenvalue weighted by atomic mass is 35.5. The summed E-state index contributed by atoms with van der Waals surface area (Å²) in [6.07, 6.45) is -5.99. The molecule has 5 rings (SSSR count).